The molecule has 1 amide bonds. The monoisotopic (exact) mass is 420 g/mol. The van der Waals surface area contributed by atoms with Crippen molar-refractivity contribution < 1.29 is 4.79 Å². The minimum atomic E-state index is -0.398. The van der Waals surface area contributed by atoms with Crippen LogP contribution in [0, 0.1) is 13.8 Å². The lowest BCUT2D eigenvalue weighted by Gasteiger charge is -2.10. The fourth-order valence-corrected chi connectivity index (χ4v) is 6.09. The van der Waals surface area contributed by atoms with Crippen molar-refractivity contribution >= 4 is 55.7 Å². The standard InChI is InChI=1S/C18H20N4O2S3/c1-8-9(2)25-17(19-8)20-14(23)10(3)26-18-21-15(24)13-11-6-4-5-7-12(11)27-16(13)22-18/h10H,4-7H2,1-3H3,(H,19,20,23)(H,21,22,24)/t10-/m0/s1. The number of nitrogens with one attached hydrogen (secondary N) is 2. The van der Waals surface area contributed by atoms with Crippen molar-refractivity contribution in [1.29, 1.82) is 0 Å². The first-order chi connectivity index (χ1) is 12.9. The summed E-state index contributed by atoms with van der Waals surface area (Å²) in [6.07, 6.45) is 4.29. The van der Waals surface area contributed by atoms with Crippen LogP contribution in [0.15, 0.2) is 9.95 Å². The van der Waals surface area contributed by atoms with Gasteiger partial charge in [0.25, 0.3) is 5.56 Å². The number of thioether (sulfide) groups is 1. The number of amides is 1. The molecule has 0 bridgehead atoms. The van der Waals surface area contributed by atoms with Crippen LogP contribution in [0.25, 0.3) is 10.2 Å². The zero-order chi connectivity index (χ0) is 19.1. The molecule has 1 atom stereocenters. The highest BCUT2D eigenvalue weighted by atomic mass is 32.2. The first-order valence-corrected chi connectivity index (χ1v) is 11.4. The third-order valence-electron chi connectivity index (χ3n) is 4.72. The van der Waals surface area contributed by atoms with Crippen molar-refractivity contribution in [3.63, 3.8) is 0 Å². The Morgan fingerprint density at radius 1 is 1.22 bits per heavy atom. The summed E-state index contributed by atoms with van der Waals surface area (Å²) in [7, 11) is 0. The van der Waals surface area contributed by atoms with Crippen LogP contribution in [-0.2, 0) is 17.6 Å². The largest absolute Gasteiger partial charge is 0.301 e. The lowest BCUT2D eigenvalue weighted by atomic mass is 9.97. The molecule has 3 aromatic rings. The van der Waals surface area contributed by atoms with Gasteiger partial charge in [-0.2, -0.15) is 0 Å². The number of hydrogen-bond donors (Lipinski definition) is 2. The lowest BCUT2D eigenvalue weighted by Crippen LogP contribution is -2.23. The molecule has 0 saturated carbocycles. The molecule has 0 saturated heterocycles. The second kappa shape index (κ2) is 7.37. The maximum Gasteiger partial charge on any atom is 0.260 e. The van der Waals surface area contributed by atoms with E-state index in [4.69, 9.17) is 0 Å². The number of rotatable bonds is 4. The number of aromatic nitrogens is 3. The number of H-pyrrole nitrogens is 1. The fourth-order valence-electron chi connectivity index (χ4n) is 3.15. The van der Waals surface area contributed by atoms with E-state index in [1.165, 1.54) is 40.0 Å². The average molecular weight is 421 g/mol. The molecule has 0 radical (unpaired) electrons. The summed E-state index contributed by atoms with van der Waals surface area (Å²) in [6, 6.07) is 0. The van der Waals surface area contributed by atoms with Gasteiger partial charge in [-0.3, -0.25) is 9.59 Å². The summed E-state index contributed by atoms with van der Waals surface area (Å²) in [5.41, 5.74) is 2.00. The number of thiophene rings is 1. The minimum Gasteiger partial charge on any atom is -0.301 e. The van der Waals surface area contributed by atoms with Gasteiger partial charge in [0.05, 0.1) is 16.3 Å². The molecule has 0 unspecified atom stereocenters. The Bertz CT molecular complexity index is 1060. The maximum absolute atomic E-state index is 12.6. The second-order valence-corrected chi connectivity index (χ2v) is 10.3. The summed E-state index contributed by atoms with van der Waals surface area (Å²) in [4.78, 5) is 40.0. The molecule has 6 nitrogen and oxygen atoms in total. The van der Waals surface area contributed by atoms with Crippen LogP contribution < -0.4 is 10.9 Å². The van der Waals surface area contributed by atoms with Crippen molar-refractivity contribution in [3.8, 4) is 0 Å². The highest BCUT2D eigenvalue weighted by molar-refractivity contribution is 8.00. The molecule has 0 fully saturated rings. The van der Waals surface area contributed by atoms with Crippen LogP contribution >= 0.6 is 34.4 Å². The van der Waals surface area contributed by atoms with Crippen LogP contribution in [0.2, 0.25) is 0 Å². The van der Waals surface area contributed by atoms with Gasteiger partial charge in [-0.15, -0.1) is 22.7 Å². The van der Waals surface area contributed by atoms with Gasteiger partial charge in [0, 0.05) is 9.75 Å². The molecule has 9 heteroatoms. The van der Waals surface area contributed by atoms with Crippen LogP contribution in [0.4, 0.5) is 5.13 Å². The normalized spacial score (nSPS) is 14.9. The summed E-state index contributed by atoms with van der Waals surface area (Å²) in [6.45, 7) is 5.70. The molecule has 1 aliphatic carbocycles. The number of aryl methyl sites for hydroxylation is 4. The van der Waals surface area contributed by atoms with Gasteiger partial charge in [-0.05, 0) is 52.0 Å². The predicted molar refractivity (Wildman–Crippen MR) is 112 cm³/mol. The van der Waals surface area contributed by atoms with E-state index < -0.39 is 5.25 Å². The van der Waals surface area contributed by atoms with Crippen molar-refractivity contribution in [1.82, 2.24) is 15.0 Å². The molecular formula is C18H20N4O2S3. The quantitative estimate of drug-likeness (QED) is 0.491. The van der Waals surface area contributed by atoms with Gasteiger partial charge in [-0.1, -0.05) is 11.8 Å². The van der Waals surface area contributed by atoms with Crippen LogP contribution in [0.3, 0.4) is 0 Å². The van der Waals surface area contributed by atoms with E-state index in [9.17, 15) is 9.59 Å². The van der Waals surface area contributed by atoms with E-state index in [-0.39, 0.29) is 11.5 Å². The average Bonchev–Trinajstić information content (AvgIpc) is 3.14. The van der Waals surface area contributed by atoms with E-state index in [1.807, 2.05) is 13.8 Å². The first kappa shape index (κ1) is 18.6. The summed E-state index contributed by atoms with van der Waals surface area (Å²) in [5, 5.41) is 4.28. The first-order valence-electron chi connectivity index (χ1n) is 8.88. The highest BCUT2D eigenvalue weighted by Gasteiger charge is 2.22. The number of aromatic amines is 1. The van der Waals surface area contributed by atoms with E-state index in [1.54, 1.807) is 18.3 Å². The Kier molecular flexibility index (Phi) is 5.09. The van der Waals surface area contributed by atoms with Crippen LogP contribution in [0.5, 0.6) is 0 Å². The number of anilines is 1. The molecule has 4 rings (SSSR count). The Hall–Kier alpha value is -1.71. The predicted octanol–water partition coefficient (Wildman–Crippen LogP) is 4.06. The van der Waals surface area contributed by atoms with Crippen LogP contribution in [-0.4, -0.2) is 26.1 Å². The van der Waals surface area contributed by atoms with Gasteiger partial charge in [0.2, 0.25) is 5.91 Å². The number of thiazole rings is 1. The number of fused-ring (bicyclic) bond motifs is 3. The molecule has 2 N–H and O–H groups in total. The van der Waals surface area contributed by atoms with Crippen molar-refractivity contribution in [2.45, 2.75) is 56.9 Å². The molecule has 27 heavy (non-hydrogen) atoms. The van der Waals surface area contributed by atoms with Gasteiger partial charge in [0.1, 0.15) is 4.83 Å². The third-order valence-corrected chi connectivity index (χ3v) is 7.88. The lowest BCUT2D eigenvalue weighted by molar-refractivity contribution is -0.115. The van der Waals surface area contributed by atoms with E-state index in [0.29, 0.717) is 10.3 Å². The van der Waals surface area contributed by atoms with E-state index in [0.717, 1.165) is 40.1 Å². The molecule has 0 aliphatic heterocycles. The Morgan fingerprint density at radius 2 is 2.00 bits per heavy atom. The zero-order valence-electron chi connectivity index (χ0n) is 15.3. The Balaban J connectivity index is 1.54. The van der Waals surface area contributed by atoms with Crippen molar-refractivity contribution in [3.05, 3.63) is 31.4 Å². The number of hydrogen-bond acceptors (Lipinski definition) is 7. The molecule has 0 spiro atoms. The molecule has 142 valence electrons. The van der Waals surface area contributed by atoms with Gasteiger partial charge in [-0.25, -0.2) is 9.97 Å². The summed E-state index contributed by atoms with van der Waals surface area (Å²) >= 11 is 4.34. The molecule has 3 aromatic heterocycles. The minimum absolute atomic E-state index is 0.0966. The third kappa shape index (κ3) is 3.68. The van der Waals surface area contributed by atoms with Gasteiger partial charge >= 0.3 is 0 Å². The number of carbonyl (C=O) groups excluding carboxylic acids is 1. The highest BCUT2D eigenvalue weighted by Crippen LogP contribution is 2.34. The maximum atomic E-state index is 12.6. The second-order valence-electron chi connectivity index (χ2n) is 6.67. The topological polar surface area (TPSA) is 87.7 Å². The summed E-state index contributed by atoms with van der Waals surface area (Å²) < 4.78 is 0. The Morgan fingerprint density at radius 3 is 2.74 bits per heavy atom. The Labute approximate surface area is 168 Å². The molecule has 0 aromatic carbocycles. The molecular weight excluding hydrogens is 400 g/mol. The smallest absolute Gasteiger partial charge is 0.260 e. The van der Waals surface area contributed by atoms with Crippen molar-refractivity contribution in [2.24, 2.45) is 0 Å². The molecule has 3 heterocycles. The fraction of sp³-hybridized carbons (Fsp3) is 0.444. The molecule has 1 aliphatic rings. The van der Waals surface area contributed by atoms with Gasteiger partial charge < -0.3 is 10.3 Å². The van der Waals surface area contributed by atoms with Crippen molar-refractivity contribution in [2.75, 3.05) is 5.32 Å². The number of nitrogens with zero attached hydrogens (tertiary/aromatic N) is 2. The SMILES string of the molecule is Cc1nc(NC(=O)[C@H](C)Sc2nc3sc4c(c3c(=O)[nH]2)CCCC4)sc1C. The zero-order valence-corrected chi connectivity index (χ0v) is 17.8. The van der Waals surface area contributed by atoms with E-state index in [2.05, 4.69) is 20.3 Å². The van der Waals surface area contributed by atoms with Crippen LogP contribution in [0.1, 0.15) is 40.8 Å². The van der Waals surface area contributed by atoms with Gasteiger partial charge in [0.15, 0.2) is 10.3 Å². The summed E-state index contributed by atoms with van der Waals surface area (Å²) in [5.74, 6) is -0.151. The number of carbonyl (C=O) groups is 1. The van der Waals surface area contributed by atoms with E-state index >= 15 is 0 Å².